The fourth-order valence-corrected chi connectivity index (χ4v) is 4.11. The summed E-state index contributed by atoms with van der Waals surface area (Å²) in [4.78, 5) is 17.5. The first-order chi connectivity index (χ1) is 14.2. The van der Waals surface area contributed by atoms with E-state index in [4.69, 9.17) is 4.74 Å². The monoisotopic (exact) mass is 420 g/mol. The summed E-state index contributed by atoms with van der Waals surface area (Å²) in [6, 6.07) is 15.3. The van der Waals surface area contributed by atoms with Gasteiger partial charge in [0, 0.05) is 11.6 Å². The van der Waals surface area contributed by atoms with Gasteiger partial charge in [0.05, 0.1) is 23.0 Å². The minimum absolute atomic E-state index is 0.0419. The molecule has 2 aromatic carbocycles. The predicted octanol–water partition coefficient (Wildman–Crippen LogP) is 5.35. The number of fused-ring (bicyclic) bond motifs is 1. The smallest absolute Gasteiger partial charge is 0.256 e. The number of nitrogens with one attached hydrogen (secondary N) is 1. The van der Waals surface area contributed by atoms with Crippen molar-refractivity contribution in [1.29, 1.82) is 0 Å². The third-order valence-electron chi connectivity index (χ3n) is 4.85. The summed E-state index contributed by atoms with van der Waals surface area (Å²) in [6.07, 6.45) is 0. The largest absolute Gasteiger partial charge is 0.497 e. The van der Waals surface area contributed by atoms with Crippen LogP contribution >= 0.6 is 11.3 Å². The Morgan fingerprint density at radius 3 is 2.50 bits per heavy atom. The van der Waals surface area contributed by atoms with Crippen molar-refractivity contribution in [3.8, 4) is 10.9 Å². The van der Waals surface area contributed by atoms with Gasteiger partial charge in [-0.3, -0.25) is 4.79 Å². The van der Waals surface area contributed by atoms with Gasteiger partial charge in [-0.15, -0.1) is 0 Å². The van der Waals surface area contributed by atoms with Crippen molar-refractivity contribution >= 4 is 33.3 Å². The number of anilines is 1. The zero-order valence-corrected chi connectivity index (χ0v) is 18.5. The Bertz CT molecular complexity index is 1220. The molecular weight excluding hydrogens is 396 g/mol. The molecule has 0 fully saturated rings. The van der Waals surface area contributed by atoms with E-state index >= 15 is 0 Å². The zero-order chi connectivity index (χ0) is 21.5. The molecule has 2 aromatic heterocycles. The van der Waals surface area contributed by atoms with Gasteiger partial charge in [-0.1, -0.05) is 44.2 Å². The molecule has 0 bridgehead atoms. The number of benzene rings is 2. The fourth-order valence-electron chi connectivity index (χ4n) is 3.15. The summed E-state index contributed by atoms with van der Waals surface area (Å²) in [5.74, 6) is 1.18. The van der Waals surface area contributed by atoms with Crippen LogP contribution in [0.1, 0.15) is 42.4 Å². The Balaban J connectivity index is 1.63. The molecule has 0 unspecified atom stereocenters. The van der Waals surface area contributed by atoms with Gasteiger partial charge < -0.3 is 10.1 Å². The van der Waals surface area contributed by atoms with Crippen LogP contribution in [0.3, 0.4) is 0 Å². The fraction of sp³-hybridized carbons (Fsp3) is 0.261. The summed E-state index contributed by atoms with van der Waals surface area (Å²) < 4.78 is 7.96. The number of nitrogens with zero attached hydrogens (tertiary/aromatic N) is 3. The number of carbonyl (C=O) groups excluding carboxylic acids is 1. The van der Waals surface area contributed by atoms with E-state index in [1.807, 2.05) is 55.5 Å². The minimum Gasteiger partial charge on any atom is -0.497 e. The molecule has 6 nitrogen and oxygen atoms in total. The summed E-state index contributed by atoms with van der Waals surface area (Å²) in [7, 11) is 1.64. The number of hydrogen-bond acceptors (Lipinski definition) is 5. The lowest BCUT2D eigenvalue weighted by molar-refractivity contribution is 0.102. The van der Waals surface area contributed by atoms with Crippen molar-refractivity contribution in [2.75, 3.05) is 12.4 Å². The van der Waals surface area contributed by atoms with Crippen molar-refractivity contribution in [3.05, 3.63) is 65.4 Å². The summed E-state index contributed by atoms with van der Waals surface area (Å²) in [6.45, 7) is 8.34. The van der Waals surface area contributed by atoms with Crippen LogP contribution in [0.5, 0.6) is 5.75 Å². The third-order valence-corrected chi connectivity index (χ3v) is 5.85. The highest BCUT2D eigenvalue weighted by Gasteiger charge is 2.17. The summed E-state index contributed by atoms with van der Waals surface area (Å²) >= 11 is 1.49. The Morgan fingerprint density at radius 2 is 1.83 bits per heavy atom. The molecule has 4 aromatic rings. The maximum atomic E-state index is 12.8. The van der Waals surface area contributed by atoms with Crippen molar-refractivity contribution < 1.29 is 9.53 Å². The highest BCUT2D eigenvalue weighted by molar-refractivity contribution is 7.20. The Kier molecular flexibility index (Phi) is 5.07. The number of hydrogen-bond donors (Lipinski definition) is 1. The minimum atomic E-state index is -0.181. The van der Waals surface area contributed by atoms with Crippen molar-refractivity contribution in [2.24, 2.45) is 0 Å². The quantitative estimate of drug-likeness (QED) is 0.483. The van der Waals surface area contributed by atoms with Crippen molar-refractivity contribution in [3.63, 3.8) is 0 Å². The molecule has 4 rings (SSSR count). The van der Waals surface area contributed by atoms with E-state index in [2.05, 4.69) is 36.2 Å². The van der Waals surface area contributed by atoms with Gasteiger partial charge in [0.15, 0.2) is 0 Å². The molecule has 0 aliphatic carbocycles. The molecule has 0 saturated heterocycles. The van der Waals surface area contributed by atoms with Crippen LogP contribution in [-0.2, 0) is 5.41 Å². The third kappa shape index (κ3) is 3.93. The van der Waals surface area contributed by atoms with Crippen LogP contribution in [0, 0.1) is 6.92 Å². The van der Waals surface area contributed by atoms with Crippen LogP contribution in [0.4, 0.5) is 5.82 Å². The number of ether oxygens (including phenoxy) is 1. The molecule has 0 aliphatic rings. The van der Waals surface area contributed by atoms with Gasteiger partial charge in [-0.2, -0.15) is 9.78 Å². The Labute approximate surface area is 179 Å². The first-order valence-corrected chi connectivity index (χ1v) is 10.5. The summed E-state index contributed by atoms with van der Waals surface area (Å²) in [5.41, 5.74) is 3.48. The number of carbonyl (C=O) groups is 1. The van der Waals surface area contributed by atoms with E-state index in [-0.39, 0.29) is 11.3 Å². The normalized spacial score (nSPS) is 11.6. The molecule has 2 heterocycles. The number of rotatable bonds is 4. The number of aromatic nitrogens is 3. The maximum absolute atomic E-state index is 12.8. The van der Waals surface area contributed by atoms with E-state index < -0.39 is 0 Å². The van der Waals surface area contributed by atoms with Gasteiger partial charge in [-0.25, -0.2) is 4.98 Å². The Morgan fingerprint density at radius 1 is 1.10 bits per heavy atom. The number of thiazole rings is 1. The molecule has 0 aliphatic heterocycles. The van der Waals surface area contributed by atoms with Gasteiger partial charge in [0.2, 0.25) is 5.13 Å². The SMILES string of the molecule is COc1ccc2nc(-n3nc(C)cc3NC(=O)c3ccc(C(C)(C)C)cc3)sc2c1. The molecule has 154 valence electrons. The number of aryl methyl sites for hydroxylation is 1. The lowest BCUT2D eigenvalue weighted by Gasteiger charge is -2.19. The lowest BCUT2D eigenvalue weighted by atomic mass is 9.87. The zero-order valence-electron chi connectivity index (χ0n) is 17.7. The highest BCUT2D eigenvalue weighted by Crippen LogP contribution is 2.30. The van der Waals surface area contributed by atoms with Crippen LogP contribution in [-0.4, -0.2) is 27.8 Å². The molecule has 30 heavy (non-hydrogen) atoms. The Hall–Kier alpha value is -3.19. The maximum Gasteiger partial charge on any atom is 0.256 e. The lowest BCUT2D eigenvalue weighted by Crippen LogP contribution is -2.16. The standard InChI is InChI=1S/C23H24N4O2S/c1-14-12-20(25-21(28)15-6-8-16(9-7-15)23(2,3)4)27(26-14)22-24-18-11-10-17(29-5)13-19(18)30-22/h6-13H,1-5H3,(H,25,28). The summed E-state index contributed by atoms with van der Waals surface area (Å²) in [5, 5.41) is 8.19. The number of methoxy groups -OCH3 is 1. The predicted molar refractivity (Wildman–Crippen MR) is 121 cm³/mol. The van der Waals surface area contributed by atoms with Crippen LogP contribution in [0.25, 0.3) is 15.3 Å². The van der Waals surface area contributed by atoms with Gasteiger partial charge in [0.1, 0.15) is 11.6 Å². The molecule has 0 spiro atoms. The van der Waals surface area contributed by atoms with Crippen LogP contribution in [0.15, 0.2) is 48.5 Å². The van der Waals surface area contributed by atoms with E-state index in [0.717, 1.165) is 21.7 Å². The second-order valence-corrected chi connectivity index (χ2v) is 9.20. The van der Waals surface area contributed by atoms with E-state index in [1.54, 1.807) is 11.8 Å². The molecule has 0 radical (unpaired) electrons. The molecule has 0 saturated carbocycles. The van der Waals surface area contributed by atoms with Gasteiger partial charge in [-0.05, 0) is 48.2 Å². The van der Waals surface area contributed by atoms with Crippen molar-refractivity contribution in [1.82, 2.24) is 14.8 Å². The van der Waals surface area contributed by atoms with E-state index in [9.17, 15) is 4.79 Å². The van der Waals surface area contributed by atoms with E-state index in [0.29, 0.717) is 16.5 Å². The molecule has 1 amide bonds. The molecule has 7 heteroatoms. The van der Waals surface area contributed by atoms with Crippen LogP contribution in [0.2, 0.25) is 0 Å². The average Bonchev–Trinajstić information content (AvgIpc) is 3.29. The topological polar surface area (TPSA) is 69.0 Å². The van der Waals surface area contributed by atoms with Gasteiger partial charge >= 0.3 is 0 Å². The van der Waals surface area contributed by atoms with Gasteiger partial charge in [0.25, 0.3) is 5.91 Å². The first-order valence-electron chi connectivity index (χ1n) is 9.68. The van der Waals surface area contributed by atoms with E-state index in [1.165, 1.54) is 16.9 Å². The van der Waals surface area contributed by atoms with Crippen LogP contribution < -0.4 is 10.1 Å². The molecular formula is C23H24N4O2S. The average molecular weight is 421 g/mol. The first kappa shape index (κ1) is 20.1. The van der Waals surface area contributed by atoms with Crippen molar-refractivity contribution in [2.45, 2.75) is 33.1 Å². The number of amides is 1. The second kappa shape index (κ2) is 7.57. The molecule has 0 atom stereocenters. The molecule has 1 N–H and O–H groups in total. The second-order valence-electron chi connectivity index (χ2n) is 8.19. The highest BCUT2D eigenvalue weighted by atomic mass is 32.1.